The zero-order valence-electron chi connectivity index (χ0n) is 12.6. The number of nitrogens with zero attached hydrogens (tertiary/aromatic N) is 2. The number of rotatable bonds is 3. The zero-order chi connectivity index (χ0) is 15.6. The van der Waals surface area contributed by atoms with Crippen LogP contribution in [0.1, 0.15) is 34.2 Å². The summed E-state index contributed by atoms with van der Waals surface area (Å²) in [5.74, 6) is -0.414. The van der Waals surface area contributed by atoms with Crippen LogP contribution in [0.5, 0.6) is 0 Å². The van der Waals surface area contributed by atoms with Crippen LogP contribution in [0.15, 0.2) is 29.2 Å². The summed E-state index contributed by atoms with van der Waals surface area (Å²) in [6, 6.07) is 5.02. The topological polar surface area (TPSA) is 61.2 Å². The van der Waals surface area contributed by atoms with E-state index >= 15 is 0 Å². The number of hydrogen-bond donors (Lipinski definition) is 0. The quantitative estimate of drug-likeness (QED) is 0.812. The summed E-state index contributed by atoms with van der Waals surface area (Å²) in [5, 5.41) is 0. The molecule has 0 unspecified atom stereocenters. The summed E-state index contributed by atoms with van der Waals surface area (Å²) in [7, 11) is 0. The standard InChI is InChI=1S/C16H18N2O3/c1-5-21-16(20)15-10(2)9-14(19)18(12(15)4)13-7-6-8-17-11(13)3/h6-9H,5H2,1-4H3. The zero-order valence-corrected chi connectivity index (χ0v) is 12.6. The Morgan fingerprint density at radius 3 is 2.67 bits per heavy atom. The van der Waals surface area contributed by atoms with E-state index in [9.17, 15) is 9.59 Å². The van der Waals surface area contributed by atoms with Gasteiger partial charge >= 0.3 is 5.97 Å². The molecule has 0 fully saturated rings. The van der Waals surface area contributed by atoms with Gasteiger partial charge in [-0.1, -0.05) is 0 Å². The van der Waals surface area contributed by atoms with Crippen molar-refractivity contribution >= 4 is 5.97 Å². The highest BCUT2D eigenvalue weighted by molar-refractivity contribution is 5.92. The Morgan fingerprint density at radius 2 is 2.05 bits per heavy atom. The minimum Gasteiger partial charge on any atom is -0.462 e. The Labute approximate surface area is 123 Å². The Morgan fingerprint density at radius 1 is 1.33 bits per heavy atom. The van der Waals surface area contributed by atoms with Gasteiger partial charge in [0.1, 0.15) is 0 Å². The summed E-state index contributed by atoms with van der Waals surface area (Å²) in [5.41, 5.74) is 2.82. The van der Waals surface area contributed by atoms with Gasteiger partial charge in [-0.05, 0) is 45.4 Å². The second-order valence-corrected chi connectivity index (χ2v) is 4.79. The van der Waals surface area contributed by atoms with Crippen LogP contribution in [0, 0.1) is 20.8 Å². The van der Waals surface area contributed by atoms with Crippen LogP contribution >= 0.6 is 0 Å². The molecule has 5 nitrogen and oxygen atoms in total. The van der Waals surface area contributed by atoms with E-state index in [0.717, 1.165) is 5.69 Å². The molecule has 2 rings (SSSR count). The van der Waals surface area contributed by atoms with Gasteiger partial charge in [-0.2, -0.15) is 0 Å². The number of carbonyl (C=O) groups excluding carboxylic acids is 1. The minimum absolute atomic E-state index is 0.186. The molecule has 0 aliphatic carbocycles. The maximum Gasteiger partial charge on any atom is 0.340 e. The Balaban J connectivity index is 2.74. The van der Waals surface area contributed by atoms with Gasteiger partial charge in [-0.15, -0.1) is 0 Å². The Kier molecular flexibility index (Phi) is 4.21. The smallest absolute Gasteiger partial charge is 0.340 e. The van der Waals surface area contributed by atoms with E-state index in [2.05, 4.69) is 4.98 Å². The Bertz CT molecular complexity index is 748. The predicted molar refractivity (Wildman–Crippen MR) is 80.0 cm³/mol. The third-order valence-electron chi connectivity index (χ3n) is 3.35. The van der Waals surface area contributed by atoms with Crippen LogP contribution in [0.25, 0.3) is 5.69 Å². The normalized spacial score (nSPS) is 10.5. The minimum atomic E-state index is -0.414. The van der Waals surface area contributed by atoms with E-state index in [0.29, 0.717) is 29.1 Å². The number of esters is 1. The SMILES string of the molecule is CCOC(=O)c1c(C)cc(=O)n(-c2cccnc2C)c1C. The molecule has 0 aromatic carbocycles. The molecule has 0 spiro atoms. The van der Waals surface area contributed by atoms with Crippen molar-refractivity contribution in [3.63, 3.8) is 0 Å². The van der Waals surface area contributed by atoms with Gasteiger partial charge in [-0.3, -0.25) is 14.3 Å². The summed E-state index contributed by atoms with van der Waals surface area (Å²) in [4.78, 5) is 28.6. The van der Waals surface area contributed by atoms with E-state index < -0.39 is 5.97 Å². The lowest BCUT2D eigenvalue weighted by Gasteiger charge is -2.16. The van der Waals surface area contributed by atoms with E-state index in [1.165, 1.54) is 10.6 Å². The van der Waals surface area contributed by atoms with Crippen molar-refractivity contribution in [1.82, 2.24) is 9.55 Å². The highest BCUT2D eigenvalue weighted by atomic mass is 16.5. The van der Waals surface area contributed by atoms with E-state index in [1.54, 1.807) is 39.1 Å². The fourth-order valence-corrected chi connectivity index (χ4v) is 2.41. The number of aromatic nitrogens is 2. The van der Waals surface area contributed by atoms with Gasteiger partial charge in [0, 0.05) is 18.0 Å². The molecule has 0 saturated carbocycles. The number of pyridine rings is 2. The third kappa shape index (κ3) is 2.72. The first kappa shape index (κ1) is 15.0. The molecule has 0 atom stereocenters. The number of aryl methyl sites for hydroxylation is 2. The first-order chi connectivity index (χ1) is 9.97. The maximum atomic E-state index is 12.3. The molecule has 0 N–H and O–H groups in total. The van der Waals surface area contributed by atoms with Crippen LogP contribution in [-0.4, -0.2) is 22.1 Å². The van der Waals surface area contributed by atoms with Crippen LogP contribution in [0.2, 0.25) is 0 Å². The van der Waals surface area contributed by atoms with Crippen LogP contribution in [0.4, 0.5) is 0 Å². The summed E-state index contributed by atoms with van der Waals surface area (Å²) < 4.78 is 6.58. The fraction of sp³-hybridized carbons (Fsp3) is 0.312. The lowest BCUT2D eigenvalue weighted by atomic mass is 10.1. The molecule has 0 saturated heterocycles. The maximum absolute atomic E-state index is 12.3. The largest absolute Gasteiger partial charge is 0.462 e. The lowest BCUT2D eigenvalue weighted by Crippen LogP contribution is -2.25. The fourth-order valence-electron chi connectivity index (χ4n) is 2.41. The van der Waals surface area contributed by atoms with Crippen LogP contribution in [-0.2, 0) is 4.74 Å². The van der Waals surface area contributed by atoms with Crippen LogP contribution in [0.3, 0.4) is 0 Å². The predicted octanol–water partition coefficient (Wildman–Crippen LogP) is 2.33. The van der Waals surface area contributed by atoms with E-state index in [4.69, 9.17) is 4.74 Å². The molecule has 0 bridgehead atoms. The molecular formula is C16H18N2O3. The van der Waals surface area contributed by atoms with Crippen molar-refractivity contribution < 1.29 is 9.53 Å². The number of hydrogen-bond acceptors (Lipinski definition) is 4. The first-order valence-electron chi connectivity index (χ1n) is 6.79. The molecular weight excluding hydrogens is 268 g/mol. The number of ether oxygens (including phenoxy) is 1. The third-order valence-corrected chi connectivity index (χ3v) is 3.35. The molecule has 0 aliphatic heterocycles. The average molecular weight is 286 g/mol. The van der Waals surface area contributed by atoms with E-state index in [-0.39, 0.29) is 5.56 Å². The van der Waals surface area contributed by atoms with Gasteiger partial charge in [-0.25, -0.2) is 4.79 Å². The average Bonchev–Trinajstić information content (AvgIpc) is 2.40. The highest BCUT2D eigenvalue weighted by Gasteiger charge is 2.19. The lowest BCUT2D eigenvalue weighted by molar-refractivity contribution is 0.0523. The van der Waals surface area contributed by atoms with Gasteiger partial charge in [0.15, 0.2) is 0 Å². The molecule has 110 valence electrons. The molecule has 0 amide bonds. The summed E-state index contributed by atoms with van der Waals surface area (Å²) >= 11 is 0. The van der Waals surface area contributed by atoms with Crippen molar-refractivity contribution in [2.24, 2.45) is 0 Å². The highest BCUT2D eigenvalue weighted by Crippen LogP contribution is 2.18. The number of carbonyl (C=O) groups is 1. The van der Waals surface area contributed by atoms with Crippen molar-refractivity contribution in [2.75, 3.05) is 6.61 Å². The van der Waals surface area contributed by atoms with Crippen LogP contribution < -0.4 is 5.56 Å². The molecule has 5 heteroatoms. The summed E-state index contributed by atoms with van der Waals surface area (Å²) in [6.07, 6.45) is 1.67. The molecule has 0 radical (unpaired) electrons. The summed E-state index contributed by atoms with van der Waals surface area (Å²) in [6.45, 7) is 7.35. The Hall–Kier alpha value is -2.43. The van der Waals surface area contributed by atoms with Crippen molar-refractivity contribution in [3.8, 4) is 5.69 Å². The second kappa shape index (κ2) is 5.91. The van der Waals surface area contributed by atoms with Gasteiger partial charge < -0.3 is 4.74 Å². The van der Waals surface area contributed by atoms with Crippen molar-refractivity contribution in [3.05, 3.63) is 57.3 Å². The van der Waals surface area contributed by atoms with Gasteiger partial charge in [0.25, 0.3) is 5.56 Å². The first-order valence-corrected chi connectivity index (χ1v) is 6.79. The molecule has 2 aromatic heterocycles. The molecule has 2 heterocycles. The molecule has 0 aliphatic rings. The second-order valence-electron chi connectivity index (χ2n) is 4.79. The van der Waals surface area contributed by atoms with Crippen molar-refractivity contribution in [2.45, 2.75) is 27.7 Å². The van der Waals surface area contributed by atoms with Crippen molar-refractivity contribution in [1.29, 1.82) is 0 Å². The molecule has 21 heavy (non-hydrogen) atoms. The van der Waals surface area contributed by atoms with Gasteiger partial charge in [0.05, 0.1) is 23.6 Å². The van der Waals surface area contributed by atoms with E-state index in [1.807, 2.05) is 6.92 Å². The molecule has 2 aromatic rings. The van der Waals surface area contributed by atoms with Gasteiger partial charge in [0.2, 0.25) is 0 Å². The monoisotopic (exact) mass is 286 g/mol.